The molecule has 0 bridgehead atoms. The van der Waals surface area contributed by atoms with Crippen molar-refractivity contribution in [3.63, 3.8) is 0 Å². The zero-order valence-corrected chi connectivity index (χ0v) is 15.6. The molecule has 4 aromatic rings. The van der Waals surface area contributed by atoms with Gasteiger partial charge in [-0.3, -0.25) is 9.36 Å². The highest BCUT2D eigenvalue weighted by Crippen LogP contribution is 2.25. The Hall–Kier alpha value is -3.60. The molecule has 28 heavy (non-hydrogen) atoms. The first-order valence-corrected chi connectivity index (χ1v) is 9.23. The predicted octanol–water partition coefficient (Wildman–Crippen LogP) is 4.61. The number of aryl methyl sites for hydroxylation is 2. The summed E-state index contributed by atoms with van der Waals surface area (Å²) < 4.78 is 2.09. The minimum absolute atomic E-state index is 0.0740. The number of nitrogens with one attached hydrogen (secondary N) is 1. The maximum Gasteiger partial charge on any atom is 0.224 e. The molecule has 0 aliphatic rings. The van der Waals surface area contributed by atoms with Gasteiger partial charge in [0.15, 0.2) is 0 Å². The number of rotatable bonds is 5. The van der Waals surface area contributed by atoms with E-state index in [4.69, 9.17) is 4.98 Å². The largest absolute Gasteiger partial charge is 0.506 e. The Morgan fingerprint density at radius 1 is 1.04 bits per heavy atom. The SMILES string of the molecule is Cc1ccc(NC(=O)CCc2nc3ccccc3n2-c2ccccc2)c(O)c1. The van der Waals surface area contributed by atoms with Crippen molar-refractivity contribution in [1.29, 1.82) is 0 Å². The molecule has 0 saturated carbocycles. The lowest BCUT2D eigenvalue weighted by molar-refractivity contribution is -0.116. The number of hydrogen-bond donors (Lipinski definition) is 2. The summed E-state index contributed by atoms with van der Waals surface area (Å²) in [4.78, 5) is 17.2. The molecule has 1 heterocycles. The van der Waals surface area contributed by atoms with Gasteiger partial charge in [-0.1, -0.05) is 36.4 Å². The zero-order chi connectivity index (χ0) is 19.5. The number of phenolic OH excluding ortho intramolecular Hbond substituents is 1. The van der Waals surface area contributed by atoms with Crippen LogP contribution >= 0.6 is 0 Å². The molecule has 0 aliphatic carbocycles. The number of fused-ring (bicyclic) bond motifs is 1. The Bertz CT molecular complexity index is 1130. The molecule has 2 N–H and O–H groups in total. The van der Waals surface area contributed by atoms with E-state index in [1.54, 1.807) is 12.1 Å². The highest BCUT2D eigenvalue weighted by atomic mass is 16.3. The van der Waals surface area contributed by atoms with Crippen molar-refractivity contribution < 1.29 is 9.90 Å². The smallest absolute Gasteiger partial charge is 0.224 e. The minimum atomic E-state index is -0.161. The first kappa shape index (κ1) is 17.8. The number of carbonyl (C=O) groups excluding carboxylic acids is 1. The van der Waals surface area contributed by atoms with Gasteiger partial charge >= 0.3 is 0 Å². The average Bonchev–Trinajstić information content (AvgIpc) is 3.07. The molecule has 0 saturated heterocycles. The number of imidazole rings is 1. The lowest BCUT2D eigenvalue weighted by Gasteiger charge is -2.10. The summed E-state index contributed by atoms with van der Waals surface area (Å²) in [6.07, 6.45) is 0.755. The molecular weight excluding hydrogens is 350 g/mol. The summed E-state index contributed by atoms with van der Waals surface area (Å²) in [5, 5.41) is 12.8. The van der Waals surface area contributed by atoms with Crippen molar-refractivity contribution in [2.24, 2.45) is 0 Å². The van der Waals surface area contributed by atoms with E-state index >= 15 is 0 Å². The second-order valence-electron chi connectivity index (χ2n) is 6.76. The van der Waals surface area contributed by atoms with Crippen molar-refractivity contribution in [2.75, 3.05) is 5.32 Å². The van der Waals surface area contributed by atoms with Crippen molar-refractivity contribution >= 4 is 22.6 Å². The molecule has 140 valence electrons. The fourth-order valence-corrected chi connectivity index (χ4v) is 3.29. The highest BCUT2D eigenvalue weighted by Gasteiger charge is 2.14. The van der Waals surface area contributed by atoms with E-state index in [9.17, 15) is 9.90 Å². The summed E-state index contributed by atoms with van der Waals surface area (Å²) >= 11 is 0. The van der Waals surface area contributed by atoms with Crippen LogP contribution in [0, 0.1) is 6.92 Å². The lowest BCUT2D eigenvalue weighted by atomic mass is 10.2. The van der Waals surface area contributed by atoms with Gasteiger partial charge < -0.3 is 10.4 Å². The molecule has 0 spiro atoms. The van der Waals surface area contributed by atoms with E-state index in [2.05, 4.69) is 9.88 Å². The Kier molecular flexibility index (Phi) is 4.81. The molecule has 0 aliphatic heterocycles. The number of amides is 1. The molecular formula is C23H21N3O2. The van der Waals surface area contributed by atoms with Crippen molar-refractivity contribution in [3.8, 4) is 11.4 Å². The van der Waals surface area contributed by atoms with Gasteiger partial charge in [0.1, 0.15) is 11.6 Å². The van der Waals surface area contributed by atoms with Gasteiger partial charge in [0, 0.05) is 18.5 Å². The van der Waals surface area contributed by atoms with Gasteiger partial charge in [-0.15, -0.1) is 0 Å². The Balaban J connectivity index is 1.57. The van der Waals surface area contributed by atoms with Crippen LogP contribution in [0.25, 0.3) is 16.7 Å². The van der Waals surface area contributed by atoms with Gasteiger partial charge in [-0.05, 0) is 48.9 Å². The maximum atomic E-state index is 12.4. The van der Waals surface area contributed by atoms with Crippen LogP contribution in [-0.4, -0.2) is 20.6 Å². The number of anilines is 1. The Morgan fingerprint density at radius 2 is 1.79 bits per heavy atom. The molecule has 0 unspecified atom stereocenters. The van der Waals surface area contributed by atoms with Crippen molar-refractivity contribution in [3.05, 3.63) is 84.2 Å². The normalized spacial score (nSPS) is 10.9. The number of para-hydroxylation sites is 3. The van der Waals surface area contributed by atoms with Crippen molar-refractivity contribution in [2.45, 2.75) is 19.8 Å². The van der Waals surface area contributed by atoms with E-state index < -0.39 is 0 Å². The van der Waals surface area contributed by atoms with Crippen LogP contribution < -0.4 is 5.32 Å². The van der Waals surface area contributed by atoms with Crippen LogP contribution in [0.3, 0.4) is 0 Å². The first-order chi connectivity index (χ1) is 13.6. The first-order valence-electron chi connectivity index (χ1n) is 9.23. The quantitative estimate of drug-likeness (QED) is 0.504. The van der Waals surface area contributed by atoms with Crippen LogP contribution in [-0.2, 0) is 11.2 Å². The van der Waals surface area contributed by atoms with E-state index in [-0.39, 0.29) is 18.1 Å². The predicted molar refractivity (Wildman–Crippen MR) is 111 cm³/mol. The third-order valence-electron chi connectivity index (χ3n) is 4.65. The lowest BCUT2D eigenvalue weighted by Crippen LogP contribution is -2.14. The number of nitrogens with zero attached hydrogens (tertiary/aromatic N) is 2. The molecule has 0 atom stereocenters. The Morgan fingerprint density at radius 3 is 2.57 bits per heavy atom. The topological polar surface area (TPSA) is 67.2 Å². The standard InChI is InChI=1S/C23H21N3O2/c1-16-11-12-19(21(27)15-16)25-23(28)14-13-22-24-18-9-5-6-10-20(18)26(22)17-7-3-2-4-8-17/h2-12,15,27H,13-14H2,1H3,(H,25,28). The molecule has 0 fully saturated rings. The molecule has 1 aromatic heterocycles. The van der Waals surface area contributed by atoms with Crippen LogP contribution in [0.2, 0.25) is 0 Å². The fourth-order valence-electron chi connectivity index (χ4n) is 3.29. The number of phenols is 1. The van der Waals surface area contributed by atoms with Gasteiger partial charge in [0.2, 0.25) is 5.91 Å². The van der Waals surface area contributed by atoms with Crippen molar-refractivity contribution in [1.82, 2.24) is 9.55 Å². The minimum Gasteiger partial charge on any atom is -0.506 e. The van der Waals surface area contributed by atoms with Crippen LogP contribution in [0.15, 0.2) is 72.8 Å². The van der Waals surface area contributed by atoms with E-state index in [1.807, 2.05) is 67.6 Å². The average molecular weight is 371 g/mol. The van der Waals surface area contributed by atoms with Crippen LogP contribution in [0.4, 0.5) is 5.69 Å². The summed E-state index contributed by atoms with van der Waals surface area (Å²) in [6.45, 7) is 1.89. The number of carbonyl (C=O) groups is 1. The summed E-state index contributed by atoms with van der Waals surface area (Å²) in [5.41, 5.74) is 4.29. The van der Waals surface area contributed by atoms with Crippen LogP contribution in [0.5, 0.6) is 5.75 Å². The summed E-state index contributed by atoms with van der Waals surface area (Å²) in [5.74, 6) is 0.742. The second kappa shape index (κ2) is 7.56. The number of aromatic hydroxyl groups is 1. The molecule has 0 radical (unpaired) electrons. The second-order valence-corrected chi connectivity index (χ2v) is 6.76. The number of hydrogen-bond acceptors (Lipinski definition) is 3. The fraction of sp³-hybridized carbons (Fsp3) is 0.130. The van der Waals surface area contributed by atoms with E-state index in [1.165, 1.54) is 0 Å². The highest BCUT2D eigenvalue weighted by molar-refractivity contribution is 5.92. The molecule has 5 heteroatoms. The maximum absolute atomic E-state index is 12.4. The van der Waals surface area contributed by atoms with Gasteiger partial charge in [-0.2, -0.15) is 0 Å². The third-order valence-corrected chi connectivity index (χ3v) is 4.65. The van der Waals surface area contributed by atoms with Gasteiger partial charge in [0.05, 0.1) is 16.7 Å². The zero-order valence-electron chi connectivity index (χ0n) is 15.6. The third kappa shape index (κ3) is 3.60. The number of aromatic nitrogens is 2. The number of benzene rings is 3. The Labute approximate surface area is 163 Å². The molecule has 3 aromatic carbocycles. The van der Waals surface area contributed by atoms with Gasteiger partial charge in [0.25, 0.3) is 0 Å². The molecule has 4 rings (SSSR count). The monoisotopic (exact) mass is 371 g/mol. The van der Waals surface area contributed by atoms with E-state index in [0.29, 0.717) is 12.1 Å². The van der Waals surface area contributed by atoms with Gasteiger partial charge in [-0.25, -0.2) is 4.98 Å². The molecule has 1 amide bonds. The molecule has 5 nitrogen and oxygen atoms in total. The summed E-state index contributed by atoms with van der Waals surface area (Å²) in [6, 6.07) is 23.2. The van der Waals surface area contributed by atoms with E-state index in [0.717, 1.165) is 28.1 Å². The van der Waals surface area contributed by atoms with Crippen LogP contribution in [0.1, 0.15) is 17.8 Å². The summed E-state index contributed by atoms with van der Waals surface area (Å²) in [7, 11) is 0.